The first kappa shape index (κ1) is 16.4. The van der Waals surface area contributed by atoms with Crippen LogP contribution in [0.1, 0.15) is 38.3 Å². The molecule has 0 saturated heterocycles. The van der Waals surface area contributed by atoms with Crippen molar-refractivity contribution in [2.24, 2.45) is 0 Å². The Bertz CT molecular complexity index is 920. The maximum atomic E-state index is 12.3. The number of hydrogen-bond donors (Lipinski definition) is 0. The topological polar surface area (TPSA) is 54.7 Å². The van der Waals surface area contributed by atoms with Gasteiger partial charge in [-0.15, -0.1) is 0 Å². The van der Waals surface area contributed by atoms with E-state index in [1.807, 2.05) is 31.2 Å². The van der Waals surface area contributed by atoms with Gasteiger partial charge in [0.1, 0.15) is 16.3 Å². The molecule has 2 aromatic heterocycles. The largest absolute Gasteiger partial charge is 0.344 e. The summed E-state index contributed by atoms with van der Waals surface area (Å²) in [6.45, 7) is 3.95. The van der Waals surface area contributed by atoms with Gasteiger partial charge in [0, 0.05) is 25.4 Å². The number of nitrogens with zero attached hydrogens (tertiary/aromatic N) is 3. The number of aromatic nitrogens is 2. The minimum atomic E-state index is -0.0753. The van der Waals surface area contributed by atoms with Crippen molar-refractivity contribution in [1.82, 2.24) is 14.3 Å². The number of rotatable bonds is 4. The van der Waals surface area contributed by atoms with Crippen LogP contribution in [0.25, 0.3) is 16.2 Å². The first-order valence-electron chi connectivity index (χ1n) is 7.75. The van der Waals surface area contributed by atoms with Gasteiger partial charge in [-0.1, -0.05) is 42.5 Å². The summed E-state index contributed by atoms with van der Waals surface area (Å²) in [6.07, 6.45) is 1.78. The Morgan fingerprint density at radius 1 is 1.29 bits per heavy atom. The fourth-order valence-electron chi connectivity index (χ4n) is 2.69. The van der Waals surface area contributed by atoms with Gasteiger partial charge in [0.05, 0.1) is 0 Å². The molecule has 3 aromatic rings. The number of thiazole rings is 1. The highest BCUT2D eigenvalue weighted by atomic mass is 32.1. The van der Waals surface area contributed by atoms with Gasteiger partial charge in [-0.2, -0.15) is 0 Å². The summed E-state index contributed by atoms with van der Waals surface area (Å²) in [7, 11) is 3.43. The average molecular weight is 341 g/mol. The van der Waals surface area contributed by atoms with Gasteiger partial charge in [-0.3, -0.25) is 14.0 Å². The Kier molecular flexibility index (Phi) is 4.24. The van der Waals surface area contributed by atoms with Crippen LogP contribution in [0.5, 0.6) is 0 Å². The lowest BCUT2D eigenvalue weighted by Crippen LogP contribution is -2.21. The van der Waals surface area contributed by atoms with Gasteiger partial charge in [0.15, 0.2) is 11.2 Å². The average Bonchev–Trinajstić information content (AvgIpc) is 3.11. The zero-order chi connectivity index (χ0) is 17.4. The highest BCUT2D eigenvalue weighted by Crippen LogP contribution is 2.31. The molecule has 0 aliphatic heterocycles. The molecule has 0 bridgehead atoms. The van der Waals surface area contributed by atoms with E-state index in [-0.39, 0.29) is 5.91 Å². The van der Waals surface area contributed by atoms with E-state index in [2.05, 4.69) is 11.9 Å². The SMILES string of the molecule is CCc1ccc(-c2nc3sc(C(=O)N(C)C)c(C)n3c2C=O)cc1. The van der Waals surface area contributed by atoms with Gasteiger partial charge < -0.3 is 4.90 Å². The molecule has 24 heavy (non-hydrogen) atoms. The summed E-state index contributed by atoms with van der Waals surface area (Å²) >= 11 is 1.31. The number of aldehydes is 1. The van der Waals surface area contributed by atoms with Crippen molar-refractivity contribution in [2.75, 3.05) is 14.1 Å². The Morgan fingerprint density at radius 3 is 2.50 bits per heavy atom. The summed E-state index contributed by atoms with van der Waals surface area (Å²) in [5, 5.41) is 0. The van der Waals surface area contributed by atoms with Gasteiger partial charge >= 0.3 is 0 Å². The maximum Gasteiger partial charge on any atom is 0.265 e. The third kappa shape index (κ3) is 2.53. The quantitative estimate of drug-likeness (QED) is 0.683. The van der Waals surface area contributed by atoms with Crippen molar-refractivity contribution in [1.29, 1.82) is 0 Å². The summed E-state index contributed by atoms with van der Waals surface area (Å²) < 4.78 is 1.78. The molecular weight excluding hydrogens is 322 g/mol. The van der Waals surface area contributed by atoms with Crippen LogP contribution < -0.4 is 0 Å². The van der Waals surface area contributed by atoms with Crippen molar-refractivity contribution in [2.45, 2.75) is 20.3 Å². The first-order chi connectivity index (χ1) is 11.5. The summed E-state index contributed by atoms with van der Waals surface area (Å²) in [4.78, 5) is 31.4. The van der Waals surface area contributed by atoms with Crippen LogP contribution in [0.4, 0.5) is 0 Å². The normalized spacial score (nSPS) is 11.0. The van der Waals surface area contributed by atoms with Crippen LogP contribution in [-0.2, 0) is 6.42 Å². The fraction of sp³-hybridized carbons (Fsp3) is 0.278. The van der Waals surface area contributed by atoms with E-state index in [9.17, 15) is 9.59 Å². The fourth-order valence-corrected chi connectivity index (χ4v) is 3.85. The van der Waals surface area contributed by atoms with Gasteiger partial charge in [0.2, 0.25) is 0 Å². The highest BCUT2D eigenvalue weighted by Gasteiger charge is 2.23. The predicted molar refractivity (Wildman–Crippen MR) is 96.0 cm³/mol. The molecule has 1 aromatic carbocycles. The molecule has 1 amide bonds. The van der Waals surface area contributed by atoms with Gasteiger partial charge in [0.25, 0.3) is 5.91 Å². The van der Waals surface area contributed by atoms with Gasteiger partial charge in [-0.25, -0.2) is 4.98 Å². The minimum Gasteiger partial charge on any atom is -0.344 e. The van der Waals surface area contributed by atoms with Crippen LogP contribution in [-0.4, -0.2) is 40.6 Å². The van der Waals surface area contributed by atoms with Gasteiger partial charge in [-0.05, 0) is 18.9 Å². The molecule has 0 spiro atoms. The van der Waals surface area contributed by atoms with Crippen molar-refractivity contribution in [3.05, 3.63) is 46.1 Å². The molecule has 6 heteroatoms. The second-order valence-corrected chi connectivity index (χ2v) is 6.83. The molecule has 0 aliphatic carbocycles. The lowest BCUT2D eigenvalue weighted by Gasteiger charge is -2.09. The van der Waals surface area contributed by atoms with Crippen molar-refractivity contribution < 1.29 is 9.59 Å². The predicted octanol–water partition coefficient (Wildman–Crippen LogP) is 3.45. The lowest BCUT2D eigenvalue weighted by molar-refractivity contribution is 0.0831. The van der Waals surface area contributed by atoms with E-state index < -0.39 is 0 Å². The molecule has 0 unspecified atom stereocenters. The zero-order valence-electron chi connectivity index (χ0n) is 14.2. The van der Waals surface area contributed by atoms with E-state index in [1.165, 1.54) is 21.8 Å². The minimum absolute atomic E-state index is 0.0753. The van der Waals surface area contributed by atoms with Crippen LogP contribution in [0.2, 0.25) is 0 Å². The molecule has 0 saturated carbocycles. The molecular formula is C18H19N3O2S. The Balaban J connectivity index is 2.17. The number of carbonyl (C=O) groups is 2. The first-order valence-corrected chi connectivity index (χ1v) is 8.57. The monoisotopic (exact) mass is 341 g/mol. The third-order valence-electron chi connectivity index (χ3n) is 4.09. The number of carbonyl (C=O) groups excluding carboxylic acids is 2. The Labute approximate surface area is 144 Å². The standard InChI is InChI=1S/C18H19N3O2S/c1-5-12-6-8-13(9-7-12)15-14(10-22)21-11(2)16(17(23)20(3)4)24-18(21)19-15/h6-10H,5H2,1-4H3. The van der Waals surface area contributed by atoms with Crippen LogP contribution in [0.3, 0.4) is 0 Å². The summed E-state index contributed by atoms with van der Waals surface area (Å²) in [5.41, 5.74) is 4.04. The van der Waals surface area contributed by atoms with E-state index >= 15 is 0 Å². The van der Waals surface area contributed by atoms with E-state index in [0.29, 0.717) is 21.2 Å². The van der Waals surface area contributed by atoms with Crippen molar-refractivity contribution in [3.63, 3.8) is 0 Å². The van der Waals surface area contributed by atoms with Crippen molar-refractivity contribution >= 4 is 28.5 Å². The van der Waals surface area contributed by atoms with Crippen molar-refractivity contribution in [3.8, 4) is 11.3 Å². The van der Waals surface area contributed by atoms with Crippen LogP contribution in [0, 0.1) is 6.92 Å². The second-order valence-electron chi connectivity index (χ2n) is 5.85. The smallest absolute Gasteiger partial charge is 0.265 e. The Hall–Kier alpha value is -2.47. The van der Waals surface area contributed by atoms with E-state index in [1.54, 1.807) is 18.5 Å². The Morgan fingerprint density at radius 2 is 1.96 bits per heavy atom. The molecule has 0 atom stereocenters. The molecule has 0 N–H and O–H groups in total. The van der Waals surface area contributed by atoms with E-state index in [4.69, 9.17) is 0 Å². The summed E-state index contributed by atoms with van der Waals surface area (Å²) in [5.74, 6) is -0.0753. The second kappa shape index (κ2) is 6.20. The number of benzene rings is 1. The molecule has 0 radical (unpaired) electrons. The lowest BCUT2D eigenvalue weighted by atomic mass is 10.1. The number of amides is 1. The molecule has 124 valence electrons. The summed E-state index contributed by atoms with van der Waals surface area (Å²) in [6, 6.07) is 8.06. The molecule has 0 aliphatic rings. The number of hydrogen-bond acceptors (Lipinski definition) is 4. The molecule has 2 heterocycles. The van der Waals surface area contributed by atoms with Crippen LogP contribution in [0.15, 0.2) is 24.3 Å². The number of aryl methyl sites for hydroxylation is 2. The maximum absolute atomic E-state index is 12.3. The molecule has 5 nitrogen and oxygen atoms in total. The molecule has 0 fully saturated rings. The van der Waals surface area contributed by atoms with Crippen LogP contribution >= 0.6 is 11.3 Å². The van der Waals surface area contributed by atoms with E-state index in [0.717, 1.165) is 24.0 Å². The number of fused-ring (bicyclic) bond motifs is 1. The number of imidazole rings is 1. The third-order valence-corrected chi connectivity index (χ3v) is 5.22. The zero-order valence-corrected chi connectivity index (χ0v) is 15.0. The molecule has 3 rings (SSSR count). The highest BCUT2D eigenvalue weighted by molar-refractivity contribution is 7.19.